The van der Waals surface area contributed by atoms with Crippen molar-refractivity contribution in [1.82, 2.24) is 9.80 Å². The molecule has 0 aliphatic carbocycles. The minimum atomic E-state index is -1.62. The molecule has 6 heteroatoms. The van der Waals surface area contributed by atoms with Gasteiger partial charge in [-0.15, -0.1) is 0 Å². The Hall–Kier alpha value is -2.37. The fourth-order valence-electron chi connectivity index (χ4n) is 2.78. The van der Waals surface area contributed by atoms with Gasteiger partial charge in [-0.05, 0) is 12.5 Å². The van der Waals surface area contributed by atoms with Crippen molar-refractivity contribution in [2.75, 3.05) is 13.6 Å². The first-order valence-corrected chi connectivity index (χ1v) is 6.46. The van der Waals surface area contributed by atoms with Crippen LogP contribution >= 0.6 is 0 Å². The van der Waals surface area contributed by atoms with E-state index in [-0.39, 0.29) is 0 Å². The zero-order chi connectivity index (χ0) is 14.5. The number of rotatable bonds is 2. The molecule has 20 heavy (non-hydrogen) atoms. The molecule has 0 aromatic heterocycles. The van der Waals surface area contributed by atoms with Gasteiger partial charge >= 0.3 is 17.9 Å². The summed E-state index contributed by atoms with van der Waals surface area (Å²) >= 11 is 0. The summed E-state index contributed by atoms with van der Waals surface area (Å²) in [5.74, 6) is -1.09. The molecule has 6 nitrogen and oxygen atoms in total. The molecule has 1 spiro atoms. The van der Waals surface area contributed by atoms with Gasteiger partial charge in [0.25, 0.3) is 5.72 Å². The monoisotopic (exact) mass is 274 g/mol. The van der Waals surface area contributed by atoms with E-state index in [0.29, 0.717) is 24.1 Å². The van der Waals surface area contributed by atoms with E-state index in [1.54, 1.807) is 24.3 Å². The second kappa shape index (κ2) is 4.06. The third kappa shape index (κ3) is 1.31. The van der Waals surface area contributed by atoms with Crippen LogP contribution in [0.2, 0.25) is 0 Å². The number of ether oxygens (including phenoxy) is 1. The Morgan fingerprint density at radius 2 is 1.90 bits per heavy atom. The third-order valence-corrected chi connectivity index (χ3v) is 3.69. The number of carbonyl (C=O) groups is 3. The molecule has 104 valence electrons. The molecule has 1 saturated heterocycles. The molecule has 3 amide bonds. The molecule has 2 aliphatic rings. The molecule has 0 saturated carbocycles. The Bertz CT molecular complexity index is 627. The Labute approximate surface area is 115 Å². The van der Waals surface area contributed by atoms with E-state index in [1.165, 1.54) is 11.9 Å². The lowest BCUT2D eigenvalue weighted by atomic mass is 9.98. The summed E-state index contributed by atoms with van der Waals surface area (Å²) in [6.07, 6.45) is 0.661. The van der Waals surface area contributed by atoms with Crippen molar-refractivity contribution in [3.63, 3.8) is 0 Å². The Balaban J connectivity index is 2.23. The molecule has 0 bridgehead atoms. The van der Waals surface area contributed by atoms with E-state index in [2.05, 4.69) is 0 Å². The number of esters is 1. The molecule has 2 heterocycles. The minimum Gasteiger partial charge on any atom is -0.421 e. The van der Waals surface area contributed by atoms with Crippen LogP contribution in [0.3, 0.4) is 0 Å². The zero-order valence-corrected chi connectivity index (χ0v) is 11.3. The number of imide groups is 1. The maximum atomic E-state index is 12.5. The van der Waals surface area contributed by atoms with Crippen LogP contribution in [0.15, 0.2) is 24.3 Å². The van der Waals surface area contributed by atoms with Crippen LogP contribution < -0.4 is 0 Å². The van der Waals surface area contributed by atoms with Gasteiger partial charge in [-0.25, -0.2) is 9.59 Å². The van der Waals surface area contributed by atoms with E-state index in [0.717, 1.165) is 4.90 Å². The highest BCUT2D eigenvalue weighted by Crippen LogP contribution is 2.44. The summed E-state index contributed by atoms with van der Waals surface area (Å²) in [6.45, 7) is 2.24. The van der Waals surface area contributed by atoms with Gasteiger partial charge in [-0.2, -0.15) is 0 Å². The Kier molecular flexibility index (Phi) is 2.57. The number of amides is 3. The summed E-state index contributed by atoms with van der Waals surface area (Å²) < 4.78 is 5.37. The lowest BCUT2D eigenvalue weighted by Gasteiger charge is -2.30. The maximum absolute atomic E-state index is 12.5. The third-order valence-electron chi connectivity index (χ3n) is 3.69. The normalized spacial score (nSPS) is 24.6. The molecule has 2 aliphatic heterocycles. The largest absolute Gasteiger partial charge is 0.421 e. The molecule has 1 aromatic carbocycles. The van der Waals surface area contributed by atoms with Gasteiger partial charge < -0.3 is 4.74 Å². The summed E-state index contributed by atoms with van der Waals surface area (Å²) in [6, 6.07) is 6.25. The van der Waals surface area contributed by atoms with Crippen LogP contribution in [-0.4, -0.2) is 41.3 Å². The van der Waals surface area contributed by atoms with E-state index in [4.69, 9.17) is 4.74 Å². The molecule has 1 atom stereocenters. The first-order chi connectivity index (χ1) is 9.54. The first kappa shape index (κ1) is 12.7. The van der Waals surface area contributed by atoms with Gasteiger partial charge in [0.2, 0.25) is 0 Å². The van der Waals surface area contributed by atoms with Crippen LogP contribution in [0, 0.1) is 0 Å². The van der Waals surface area contributed by atoms with Gasteiger partial charge in [0.15, 0.2) is 0 Å². The molecule has 0 N–H and O–H groups in total. The van der Waals surface area contributed by atoms with Gasteiger partial charge in [-0.1, -0.05) is 25.1 Å². The molecular formula is C14H14N2O4. The number of urea groups is 1. The maximum Gasteiger partial charge on any atom is 0.341 e. The van der Waals surface area contributed by atoms with Crippen molar-refractivity contribution in [2.24, 2.45) is 0 Å². The number of benzene rings is 1. The standard InChI is InChI=1S/C14H14N2O4/c1-3-8-16-13(19)15(2)12(18)14(16)10-7-5-4-6-9(10)11(17)20-14/h4-7H,3,8H2,1-2H3. The lowest BCUT2D eigenvalue weighted by Crippen LogP contribution is -2.47. The van der Waals surface area contributed by atoms with Gasteiger partial charge in [0.05, 0.1) is 5.56 Å². The summed E-state index contributed by atoms with van der Waals surface area (Å²) in [7, 11) is 1.40. The second-order valence-electron chi connectivity index (χ2n) is 4.88. The number of fused-ring (bicyclic) bond motifs is 2. The summed E-state index contributed by atoms with van der Waals surface area (Å²) in [5.41, 5.74) is -0.832. The topological polar surface area (TPSA) is 66.9 Å². The minimum absolute atomic E-state index is 0.338. The molecule has 0 radical (unpaired) electrons. The number of hydrogen-bond donors (Lipinski definition) is 0. The van der Waals surface area contributed by atoms with Crippen molar-refractivity contribution in [2.45, 2.75) is 19.1 Å². The first-order valence-electron chi connectivity index (χ1n) is 6.46. The predicted octanol–water partition coefficient (Wildman–Crippen LogP) is 1.31. The second-order valence-corrected chi connectivity index (χ2v) is 4.88. The SMILES string of the molecule is CCCN1C(=O)N(C)C(=O)C12OC(=O)c1ccccc12. The van der Waals surface area contributed by atoms with Gasteiger partial charge in [0.1, 0.15) is 0 Å². The van der Waals surface area contributed by atoms with Crippen molar-refractivity contribution in [3.8, 4) is 0 Å². The van der Waals surface area contributed by atoms with Crippen molar-refractivity contribution in [1.29, 1.82) is 0 Å². The molecule has 1 fully saturated rings. The van der Waals surface area contributed by atoms with Gasteiger partial charge in [0, 0.05) is 19.2 Å². The fraction of sp³-hybridized carbons (Fsp3) is 0.357. The predicted molar refractivity (Wildman–Crippen MR) is 68.7 cm³/mol. The smallest absolute Gasteiger partial charge is 0.341 e. The van der Waals surface area contributed by atoms with Crippen LogP contribution in [-0.2, 0) is 15.3 Å². The van der Waals surface area contributed by atoms with E-state index in [9.17, 15) is 14.4 Å². The quantitative estimate of drug-likeness (QED) is 0.602. The van der Waals surface area contributed by atoms with E-state index >= 15 is 0 Å². The van der Waals surface area contributed by atoms with Crippen LogP contribution in [0.25, 0.3) is 0 Å². The van der Waals surface area contributed by atoms with E-state index < -0.39 is 23.6 Å². The molecule has 1 aromatic rings. The lowest BCUT2D eigenvalue weighted by molar-refractivity contribution is -0.153. The number of likely N-dealkylation sites (N-methyl/N-ethyl adjacent to an activating group) is 1. The number of nitrogens with zero attached hydrogens (tertiary/aromatic N) is 2. The Morgan fingerprint density at radius 1 is 1.20 bits per heavy atom. The fourth-order valence-corrected chi connectivity index (χ4v) is 2.78. The van der Waals surface area contributed by atoms with Crippen molar-refractivity contribution in [3.05, 3.63) is 35.4 Å². The highest BCUT2D eigenvalue weighted by Gasteiger charge is 2.64. The average molecular weight is 274 g/mol. The highest BCUT2D eigenvalue weighted by atomic mass is 16.6. The average Bonchev–Trinajstić information content (AvgIpc) is 2.84. The molecule has 1 unspecified atom stereocenters. The number of carbonyl (C=O) groups excluding carboxylic acids is 3. The van der Waals surface area contributed by atoms with Crippen LogP contribution in [0.1, 0.15) is 29.3 Å². The highest BCUT2D eigenvalue weighted by molar-refractivity contribution is 6.11. The van der Waals surface area contributed by atoms with E-state index in [1.807, 2.05) is 6.92 Å². The Morgan fingerprint density at radius 3 is 2.60 bits per heavy atom. The number of hydrogen-bond acceptors (Lipinski definition) is 4. The van der Waals surface area contributed by atoms with Crippen LogP contribution in [0.4, 0.5) is 4.79 Å². The van der Waals surface area contributed by atoms with Crippen molar-refractivity contribution < 1.29 is 19.1 Å². The summed E-state index contributed by atoms with van der Waals surface area (Å²) in [5, 5.41) is 0. The molecular weight excluding hydrogens is 260 g/mol. The van der Waals surface area contributed by atoms with Crippen molar-refractivity contribution >= 4 is 17.9 Å². The molecule has 3 rings (SSSR count). The zero-order valence-electron chi connectivity index (χ0n) is 11.3. The van der Waals surface area contributed by atoms with Gasteiger partial charge in [-0.3, -0.25) is 14.6 Å². The summed E-state index contributed by atoms with van der Waals surface area (Å²) in [4.78, 5) is 39.1. The van der Waals surface area contributed by atoms with Crippen LogP contribution in [0.5, 0.6) is 0 Å².